The monoisotopic (exact) mass is 605 g/mol. The number of carbonyl (C=O) groups excluding carboxylic acids is 2. The van der Waals surface area contributed by atoms with Gasteiger partial charge in [0.15, 0.2) is 11.5 Å². The third-order valence-electron chi connectivity index (χ3n) is 5.35. The molecule has 4 aromatic rings. The van der Waals surface area contributed by atoms with Crippen molar-refractivity contribution in [3.05, 3.63) is 111 Å². The lowest BCUT2D eigenvalue weighted by atomic mass is 10.1. The van der Waals surface area contributed by atoms with Gasteiger partial charge >= 0.3 is 0 Å². The maximum absolute atomic E-state index is 13.0. The van der Waals surface area contributed by atoms with Crippen LogP contribution in [0.2, 0.25) is 0 Å². The second-order valence-corrected chi connectivity index (χ2v) is 9.14. The molecule has 9 heteroatoms. The van der Waals surface area contributed by atoms with E-state index in [2.05, 4.69) is 38.4 Å². The Kier molecular flexibility index (Phi) is 7.31. The number of furan rings is 1. The van der Waals surface area contributed by atoms with Gasteiger partial charge in [-0.3, -0.25) is 9.59 Å². The molecule has 2 heterocycles. The lowest BCUT2D eigenvalue weighted by Gasteiger charge is -2.09. The van der Waals surface area contributed by atoms with Crippen LogP contribution < -0.4 is 20.2 Å². The molecule has 1 aliphatic rings. The van der Waals surface area contributed by atoms with E-state index in [-0.39, 0.29) is 12.5 Å². The molecule has 0 saturated carbocycles. The highest BCUT2D eigenvalue weighted by Crippen LogP contribution is 2.33. The van der Waals surface area contributed by atoms with Crippen molar-refractivity contribution in [2.24, 2.45) is 5.10 Å². The molecule has 0 fully saturated rings. The number of ether oxygens (including phenoxy) is 2. The Morgan fingerprint density at radius 3 is 2.49 bits per heavy atom. The van der Waals surface area contributed by atoms with Gasteiger partial charge in [-0.2, -0.15) is 5.10 Å². The number of amides is 2. The maximum Gasteiger partial charge on any atom is 0.287 e. The molecule has 8 nitrogen and oxygen atoms in total. The number of fused-ring (bicyclic) bond motifs is 1. The fourth-order valence-corrected chi connectivity index (χ4v) is 3.88. The quantitative estimate of drug-likeness (QED) is 0.131. The van der Waals surface area contributed by atoms with E-state index in [0.29, 0.717) is 34.1 Å². The molecule has 5 rings (SSSR count). The largest absolute Gasteiger partial charge is 0.455 e. The van der Waals surface area contributed by atoms with Crippen LogP contribution in [0.4, 0.5) is 0 Å². The smallest absolute Gasteiger partial charge is 0.287 e. The first-order valence-electron chi connectivity index (χ1n) is 11.2. The minimum absolute atomic E-state index is 0.00360. The third-order valence-corrected chi connectivity index (χ3v) is 6.07. The first kappa shape index (κ1) is 24.3. The van der Waals surface area contributed by atoms with Gasteiger partial charge in [-0.25, -0.2) is 5.43 Å². The van der Waals surface area contributed by atoms with E-state index in [0.717, 1.165) is 9.13 Å². The third kappa shape index (κ3) is 6.07. The summed E-state index contributed by atoms with van der Waals surface area (Å²) in [6.45, 7) is 0.132. The van der Waals surface area contributed by atoms with Gasteiger partial charge in [0.25, 0.3) is 11.8 Å². The number of benzene rings is 3. The van der Waals surface area contributed by atoms with Gasteiger partial charge in [0.1, 0.15) is 17.2 Å². The van der Waals surface area contributed by atoms with Crippen LogP contribution in [0.5, 0.6) is 11.5 Å². The van der Waals surface area contributed by atoms with E-state index in [1.54, 1.807) is 54.6 Å². The number of halogens is 1. The van der Waals surface area contributed by atoms with Gasteiger partial charge < -0.3 is 19.2 Å². The number of nitrogens with zero attached hydrogens (tertiary/aromatic N) is 1. The SMILES string of the molecule is O=C(N/N=C/c1ccc(-c2ccc(I)cc2)o1)/C(=C\c1ccc2c(c1)OCO2)NC(=O)c1ccccc1. The fourth-order valence-electron chi connectivity index (χ4n) is 3.52. The highest BCUT2D eigenvalue weighted by Gasteiger charge is 2.17. The minimum Gasteiger partial charge on any atom is -0.455 e. The summed E-state index contributed by atoms with van der Waals surface area (Å²) in [5.41, 5.74) is 4.43. The summed E-state index contributed by atoms with van der Waals surface area (Å²) in [5, 5.41) is 6.67. The van der Waals surface area contributed by atoms with Gasteiger partial charge in [0, 0.05) is 14.7 Å². The van der Waals surface area contributed by atoms with Crippen LogP contribution in [-0.4, -0.2) is 24.8 Å². The Hall–Kier alpha value is -4.38. The molecule has 184 valence electrons. The Morgan fingerprint density at radius 1 is 0.892 bits per heavy atom. The fraction of sp³-hybridized carbons (Fsp3) is 0.0357. The van der Waals surface area contributed by atoms with E-state index in [4.69, 9.17) is 13.9 Å². The normalized spacial score (nSPS) is 12.5. The predicted octanol–water partition coefficient (Wildman–Crippen LogP) is 5.20. The van der Waals surface area contributed by atoms with Crippen molar-refractivity contribution >= 4 is 46.7 Å². The van der Waals surface area contributed by atoms with Crippen molar-refractivity contribution < 1.29 is 23.5 Å². The zero-order valence-electron chi connectivity index (χ0n) is 19.3. The van der Waals surface area contributed by atoms with Gasteiger partial charge in [0.05, 0.1) is 6.21 Å². The molecule has 1 aliphatic heterocycles. The molecule has 1 aromatic heterocycles. The predicted molar refractivity (Wildman–Crippen MR) is 147 cm³/mol. The van der Waals surface area contributed by atoms with Gasteiger partial charge in [0.2, 0.25) is 6.79 Å². The molecule has 0 atom stereocenters. The van der Waals surface area contributed by atoms with Crippen LogP contribution in [-0.2, 0) is 4.79 Å². The molecule has 0 aliphatic carbocycles. The summed E-state index contributed by atoms with van der Waals surface area (Å²) in [6, 6.07) is 25.3. The molecule has 0 radical (unpaired) electrons. The summed E-state index contributed by atoms with van der Waals surface area (Å²) in [7, 11) is 0. The minimum atomic E-state index is -0.609. The van der Waals surface area contributed by atoms with Crippen molar-refractivity contribution in [1.29, 1.82) is 0 Å². The Labute approximate surface area is 226 Å². The first-order valence-corrected chi connectivity index (χ1v) is 12.3. The van der Waals surface area contributed by atoms with Crippen LogP contribution >= 0.6 is 22.6 Å². The number of carbonyl (C=O) groups is 2. The number of nitrogens with one attached hydrogen (secondary N) is 2. The van der Waals surface area contributed by atoms with Crippen LogP contribution in [0.3, 0.4) is 0 Å². The molecule has 0 spiro atoms. The second kappa shape index (κ2) is 11.1. The summed E-state index contributed by atoms with van der Waals surface area (Å²) in [5.74, 6) is 1.28. The number of rotatable bonds is 7. The Balaban J connectivity index is 1.33. The zero-order valence-corrected chi connectivity index (χ0v) is 21.5. The van der Waals surface area contributed by atoms with Crippen molar-refractivity contribution in [2.75, 3.05) is 6.79 Å². The van der Waals surface area contributed by atoms with Crippen molar-refractivity contribution in [3.8, 4) is 22.8 Å². The number of hydrogen-bond donors (Lipinski definition) is 2. The molecular weight excluding hydrogens is 585 g/mol. The lowest BCUT2D eigenvalue weighted by molar-refractivity contribution is -0.117. The molecule has 0 unspecified atom stereocenters. The molecule has 2 N–H and O–H groups in total. The van der Waals surface area contributed by atoms with E-state index in [1.807, 2.05) is 30.3 Å². The molecule has 3 aromatic carbocycles. The molecular formula is C28H20IN3O5. The standard InChI is InChI=1S/C28H20IN3O5/c29-21-9-7-19(8-10-21)24-13-11-22(37-24)16-30-32-28(34)23(31-27(33)20-4-2-1-3-5-20)14-18-6-12-25-26(15-18)36-17-35-25/h1-16H,17H2,(H,31,33)(H,32,34)/b23-14+,30-16+. The maximum atomic E-state index is 13.0. The number of hydrazone groups is 1. The van der Waals surface area contributed by atoms with E-state index < -0.39 is 11.8 Å². The average Bonchev–Trinajstić information content (AvgIpc) is 3.59. The van der Waals surface area contributed by atoms with Crippen molar-refractivity contribution in [2.45, 2.75) is 0 Å². The topological polar surface area (TPSA) is 102 Å². The molecule has 37 heavy (non-hydrogen) atoms. The highest BCUT2D eigenvalue weighted by atomic mass is 127. The molecule has 2 amide bonds. The Morgan fingerprint density at radius 2 is 1.68 bits per heavy atom. The summed E-state index contributed by atoms with van der Waals surface area (Å²) < 4.78 is 17.7. The van der Waals surface area contributed by atoms with E-state index >= 15 is 0 Å². The van der Waals surface area contributed by atoms with Gasteiger partial charge in [-0.15, -0.1) is 0 Å². The number of hydrogen-bond acceptors (Lipinski definition) is 6. The van der Waals surface area contributed by atoms with Crippen molar-refractivity contribution in [1.82, 2.24) is 10.7 Å². The first-order chi connectivity index (χ1) is 18.0. The van der Waals surface area contributed by atoms with E-state index in [1.165, 1.54) is 12.3 Å². The summed E-state index contributed by atoms with van der Waals surface area (Å²) in [6.07, 6.45) is 2.93. The van der Waals surface area contributed by atoms with Crippen molar-refractivity contribution in [3.63, 3.8) is 0 Å². The Bertz CT molecular complexity index is 1490. The van der Waals surface area contributed by atoms with Crippen LogP contribution in [0.15, 0.2) is 100 Å². The average molecular weight is 605 g/mol. The second-order valence-electron chi connectivity index (χ2n) is 7.90. The van der Waals surface area contributed by atoms with Gasteiger partial charge in [-0.1, -0.05) is 36.4 Å². The molecule has 0 saturated heterocycles. The lowest BCUT2D eigenvalue weighted by Crippen LogP contribution is -2.32. The zero-order chi connectivity index (χ0) is 25.6. The summed E-state index contributed by atoms with van der Waals surface area (Å²) in [4.78, 5) is 25.8. The molecule has 0 bridgehead atoms. The summed E-state index contributed by atoms with van der Waals surface area (Å²) >= 11 is 2.24. The van der Waals surface area contributed by atoms with Gasteiger partial charge in [-0.05, 0) is 82.8 Å². The van der Waals surface area contributed by atoms with Crippen LogP contribution in [0, 0.1) is 3.57 Å². The highest BCUT2D eigenvalue weighted by molar-refractivity contribution is 14.1. The van der Waals surface area contributed by atoms with Crippen LogP contribution in [0.25, 0.3) is 17.4 Å². The van der Waals surface area contributed by atoms with Crippen LogP contribution in [0.1, 0.15) is 21.7 Å². The van der Waals surface area contributed by atoms with E-state index in [9.17, 15) is 9.59 Å².